The molecule has 0 unspecified atom stereocenters. The van der Waals surface area contributed by atoms with Crippen LogP contribution < -0.4 is 5.32 Å². The Kier molecular flexibility index (Phi) is 5.62. The second-order valence-corrected chi connectivity index (χ2v) is 7.30. The van der Waals surface area contributed by atoms with Crippen LogP contribution in [0.4, 0.5) is 0 Å². The fraction of sp³-hybridized carbons (Fsp3) is 0.333. The van der Waals surface area contributed by atoms with Gasteiger partial charge in [0.1, 0.15) is 5.41 Å². The minimum atomic E-state index is -0.877. The minimum Gasteiger partial charge on any atom is -0.355 e. The highest BCUT2D eigenvalue weighted by Crippen LogP contribution is 2.47. The van der Waals surface area contributed by atoms with Crippen LogP contribution >= 0.6 is 11.6 Å². The lowest BCUT2D eigenvalue weighted by atomic mass is 10.0. The lowest BCUT2D eigenvalue weighted by Crippen LogP contribution is -2.44. The number of halogens is 1. The highest BCUT2D eigenvalue weighted by molar-refractivity contribution is 6.30. The van der Waals surface area contributed by atoms with E-state index in [1.807, 2.05) is 54.6 Å². The molecule has 0 atom stereocenters. The Bertz CT molecular complexity index is 788. The maximum atomic E-state index is 12.8. The number of benzene rings is 2. The van der Waals surface area contributed by atoms with Gasteiger partial charge in [0.25, 0.3) is 0 Å². The zero-order chi connectivity index (χ0) is 18.6. The van der Waals surface area contributed by atoms with Crippen LogP contribution in [0.3, 0.4) is 0 Å². The van der Waals surface area contributed by atoms with Crippen LogP contribution in [-0.2, 0) is 22.6 Å². The second-order valence-electron chi connectivity index (χ2n) is 6.86. The van der Waals surface area contributed by atoms with Crippen molar-refractivity contribution in [2.45, 2.75) is 25.8 Å². The summed E-state index contributed by atoms with van der Waals surface area (Å²) >= 11 is 5.97. The molecule has 1 N–H and O–H groups in total. The van der Waals surface area contributed by atoms with Crippen molar-refractivity contribution in [2.24, 2.45) is 5.41 Å². The van der Waals surface area contributed by atoms with Crippen LogP contribution in [0.25, 0.3) is 0 Å². The summed E-state index contributed by atoms with van der Waals surface area (Å²) < 4.78 is 0. The molecule has 3 rings (SSSR count). The molecule has 1 fully saturated rings. The van der Waals surface area contributed by atoms with Crippen molar-refractivity contribution in [1.82, 2.24) is 10.2 Å². The van der Waals surface area contributed by atoms with Gasteiger partial charge < -0.3 is 10.2 Å². The maximum Gasteiger partial charge on any atom is 0.238 e. The first kappa shape index (κ1) is 18.5. The Hall–Kier alpha value is -2.33. The molecule has 2 amide bonds. The van der Waals surface area contributed by atoms with E-state index in [1.54, 1.807) is 11.9 Å². The van der Waals surface area contributed by atoms with Gasteiger partial charge in [0.2, 0.25) is 11.8 Å². The average molecular weight is 371 g/mol. The number of nitrogens with zero attached hydrogens (tertiary/aromatic N) is 1. The molecule has 0 saturated heterocycles. The van der Waals surface area contributed by atoms with E-state index >= 15 is 0 Å². The van der Waals surface area contributed by atoms with Crippen LogP contribution in [-0.4, -0.2) is 30.3 Å². The van der Waals surface area contributed by atoms with E-state index in [4.69, 9.17) is 11.6 Å². The Morgan fingerprint density at radius 3 is 2.42 bits per heavy atom. The predicted octanol–water partition coefficient (Wildman–Crippen LogP) is 3.44. The lowest BCUT2D eigenvalue weighted by Gasteiger charge is -2.23. The van der Waals surface area contributed by atoms with Crippen LogP contribution in [0, 0.1) is 5.41 Å². The van der Waals surface area contributed by atoms with Gasteiger partial charge in [-0.3, -0.25) is 9.59 Å². The standard InChI is InChI=1S/C21H23ClN2O2/c1-24(15-17-6-3-2-4-7-17)20(26)21(11-12-21)19(25)23-13-10-16-8-5-9-18(22)14-16/h2-9,14H,10-13,15H2,1H3,(H,23,25). The molecule has 1 aliphatic carbocycles. The Balaban J connectivity index is 1.53. The number of carbonyl (C=O) groups excluding carboxylic acids is 2. The van der Waals surface area contributed by atoms with Crippen molar-refractivity contribution >= 4 is 23.4 Å². The molecular weight excluding hydrogens is 348 g/mol. The fourth-order valence-corrected chi connectivity index (χ4v) is 3.35. The van der Waals surface area contributed by atoms with Gasteiger partial charge in [0.15, 0.2) is 0 Å². The Morgan fingerprint density at radius 1 is 1.08 bits per heavy atom. The van der Waals surface area contributed by atoms with Crippen molar-refractivity contribution in [3.05, 3.63) is 70.7 Å². The monoisotopic (exact) mass is 370 g/mol. The molecule has 0 aromatic heterocycles. The molecule has 1 aliphatic rings. The summed E-state index contributed by atoms with van der Waals surface area (Å²) in [6, 6.07) is 17.4. The molecule has 2 aromatic carbocycles. The summed E-state index contributed by atoms with van der Waals surface area (Å²) in [5.41, 5.74) is 1.24. The number of rotatable bonds is 7. The minimum absolute atomic E-state index is 0.0957. The molecule has 0 bridgehead atoms. The predicted molar refractivity (Wildman–Crippen MR) is 103 cm³/mol. The summed E-state index contributed by atoms with van der Waals surface area (Å²) in [5, 5.41) is 3.61. The fourth-order valence-electron chi connectivity index (χ4n) is 3.14. The van der Waals surface area contributed by atoms with Gasteiger partial charge in [-0.25, -0.2) is 0 Å². The van der Waals surface area contributed by atoms with Gasteiger partial charge in [-0.05, 0) is 42.5 Å². The quantitative estimate of drug-likeness (QED) is 0.759. The van der Waals surface area contributed by atoms with Crippen LogP contribution in [0.5, 0.6) is 0 Å². The molecular formula is C21H23ClN2O2. The van der Waals surface area contributed by atoms with Gasteiger partial charge in [-0.2, -0.15) is 0 Å². The molecule has 0 radical (unpaired) electrons. The highest BCUT2D eigenvalue weighted by atomic mass is 35.5. The summed E-state index contributed by atoms with van der Waals surface area (Å²) in [6.45, 7) is 1.01. The van der Waals surface area contributed by atoms with Crippen LogP contribution in [0.1, 0.15) is 24.0 Å². The van der Waals surface area contributed by atoms with E-state index in [9.17, 15) is 9.59 Å². The van der Waals surface area contributed by atoms with Crippen molar-refractivity contribution in [1.29, 1.82) is 0 Å². The molecule has 1 saturated carbocycles. The molecule has 0 aliphatic heterocycles. The first-order chi connectivity index (χ1) is 12.5. The number of amides is 2. The first-order valence-corrected chi connectivity index (χ1v) is 9.21. The van der Waals surface area contributed by atoms with E-state index in [2.05, 4.69) is 5.32 Å². The van der Waals surface area contributed by atoms with Crippen molar-refractivity contribution in [2.75, 3.05) is 13.6 Å². The molecule has 136 valence electrons. The summed E-state index contributed by atoms with van der Waals surface area (Å²) in [7, 11) is 1.76. The van der Waals surface area contributed by atoms with Gasteiger partial charge in [0, 0.05) is 25.2 Å². The molecule has 0 heterocycles. The smallest absolute Gasteiger partial charge is 0.238 e. The molecule has 5 heteroatoms. The van der Waals surface area contributed by atoms with Crippen molar-refractivity contribution in [3.8, 4) is 0 Å². The van der Waals surface area contributed by atoms with Gasteiger partial charge in [0.05, 0.1) is 0 Å². The van der Waals surface area contributed by atoms with E-state index in [0.717, 1.165) is 11.1 Å². The first-order valence-electron chi connectivity index (χ1n) is 8.83. The topological polar surface area (TPSA) is 49.4 Å². The van der Waals surface area contributed by atoms with E-state index in [-0.39, 0.29) is 11.8 Å². The lowest BCUT2D eigenvalue weighted by molar-refractivity contribution is -0.143. The molecule has 26 heavy (non-hydrogen) atoms. The third kappa shape index (κ3) is 4.25. The maximum absolute atomic E-state index is 12.8. The summed E-state index contributed by atoms with van der Waals surface area (Å²) in [6.07, 6.45) is 1.93. The summed E-state index contributed by atoms with van der Waals surface area (Å²) in [5.74, 6) is -0.258. The number of nitrogens with one attached hydrogen (secondary N) is 1. The summed E-state index contributed by atoms with van der Waals surface area (Å²) in [4.78, 5) is 27.0. The van der Waals surface area contributed by atoms with Crippen molar-refractivity contribution in [3.63, 3.8) is 0 Å². The zero-order valence-corrected chi connectivity index (χ0v) is 15.6. The second kappa shape index (κ2) is 7.92. The van der Waals surface area contributed by atoms with Crippen LogP contribution in [0.15, 0.2) is 54.6 Å². The van der Waals surface area contributed by atoms with Gasteiger partial charge in [-0.15, -0.1) is 0 Å². The number of hydrogen-bond acceptors (Lipinski definition) is 2. The van der Waals surface area contributed by atoms with E-state index in [0.29, 0.717) is 37.4 Å². The van der Waals surface area contributed by atoms with Crippen LogP contribution in [0.2, 0.25) is 5.02 Å². The average Bonchev–Trinajstić information content (AvgIpc) is 3.44. The van der Waals surface area contributed by atoms with Crippen molar-refractivity contribution < 1.29 is 9.59 Å². The Morgan fingerprint density at radius 2 is 1.77 bits per heavy atom. The third-order valence-corrected chi connectivity index (χ3v) is 5.03. The molecule has 2 aromatic rings. The normalized spacial score (nSPS) is 14.5. The SMILES string of the molecule is CN(Cc1ccccc1)C(=O)C1(C(=O)NCCc2cccc(Cl)c2)CC1. The molecule has 4 nitrogen and oxygen atoms in total. The molecule has 0 spiro atoms. The number of hydrogen-bond donors (Lipinski definition) is 1. The third-order valence-electron chi connectivity index (χ3n) is 4.79. The highest BCUT2D eigenvalue weighted by Gasteiger charge is 2.57. The van der Waals surface area contributed by atoms with E-state index < -0.39 is 5.41 Å². The van der Waals surface area contributed by atoms with E-state index in [1.165, 1.54) is 0 Å². The van der Waals surface area contributed by atoms with Gasteiger partial charge >= 0.3 is 0 Å². The van der Waals surface area contributed by atoms with Gasteiger partial charge in [-0.1, -0.05) is 54.1 Å². The number of carbonyl (C=O) groups is 2. The largest absolute Gasteiger partial charge is 0.355 e. The Labute approximate surface area is 159 Å². The zero-order valence-electron chi connectivity index (χ0n) is 14.9.